The van der Waals surface area contributed by atoms with Gasteiger partial charge in [0.1, 0.15) is 0 Å². The summed E-state index contributed by atoms with van der Waals surface area (Å²) in [6, 6.07) is 3.69. The van der Waals surface area contributed by atoms with Crippen molar-refractivity contribution in [3.05, 3.63) is 34.9 Å². The van der Waals surface area contributed by atoms with Gasteiger partial charge in [-0.2, -0.15) is 0 Å². The molecule has 0 amide bonds. The van der Waals surface area contributed by atoms with E-state index in [2.05, 4.69) is 9.97 Å². The van der Waals surface area contributed by atoms with Crippen LogP contribution in [0.5, 0.6) is 0 Å². The Hall–Kier alpha value is -1.99. The van der Waals surface area contributed by atoms with Crippen LogP contribution in [0.15, 0.2) is 33.6 Å². The van der Waals surface area contributed by atoms with E-state index in [1.165, 1.54) is 22.7 Å². The normalized spacial score (nSPS) is 10.7. The molecule has 0 spiro atoms. The summed E-state index contributed by atoms with van der Waals surface area (Å²) in [6.07, 6.45) is 1.57. The number of hydrogen-bond acceptors (Lipinski definition) is 6. The van der Waals surface area contributed by atoms with E-state index in [4.69, 9.17) is 9.52 Å². The van der Waals surface area contributed by atoms with Crippen LogP contribution < -0.4 is 0 Å². The third-order valence-corrected chi connectivity index (χ3v) is 3.85. The molecular formula is C11H6N2O3S2. The highest BCUT2D eigenvalue weighted by molar-refractivity contribution is 7.13. The zero-order chi connectivity index (χ0) is 12.5. The van der Waals surface area contributed by atoms with Gasteiger partial charge >= 0.3 is 5.97 Å². The van der Waals surface area contributed by atoms with Crippen molar-refractivity contribution in [3.8, 4) is 21.4 Å². The van der Waals surface area contributed by atoms with Crippen LogP contribution >= 0.6 is 22.7 Å². The van der Waals surface area contributed by atoms with Crippen LogP contribution in [0.4, 0.5) is 0 Å². The lowest BCUT2D eigenvalue weighted by Crippen LogP contribution is -1.98. The van der Waals surface area contributed by atoms with Crippen LogP contribution in [0.3, 0.4) is 0 Å². The first-order valence-electron chi connectivity index (χ1n) is 4.92. The molecule has 0 fully saturated rings. The van der Waals surface area contributed by atoms with Crippen molar-refractivity contribution in [1.29, 1.82) is 0 Å². The van der Waals surface area contributed by atoms with Crippen molar-refractivity contribution in [1.82, 2.24) is 9.97 Å². The van der Waals surface area contributed by atoms with Crippen LogP contribution in [0.2, 0.25) is 0 Å². The zero-order valence-corrected chi connectivity index (χ0v) is 10.5. The van der Waals surface area contributed by atoms with E-state index in [9.17, 15) is 4.79 Å². The van der Waals surface area contributed by atoms with Gasteiger partial charge in [-0.25, -0.2) is 9.78 Å². The molecule has 5 nitrogen and oxygen atoms in total. The molecule has 0 bridgehead atoms. The molecule has 0 unspecified atom stereocenters. The number of aromatic carboxylic acids is 1. The van der Waals surface area contributed by atoms with E-state index in [1.807, 2.05) is 17.5 Å². The van der Waals surface area contributed by atoms with Crippen LogP contribution in [0, 0.1) is 0 Å². The number of carboxylic acids is 1. The van der Waals surface area contributed by atoms with Gasteiger partial charge in [-0.15, -0.1) is 22.7 Å². The fraction of sp³-hybridized carbons (Fsp3) is 0. The zero-order valence-electron chi connectivity index (χ0n) is 8.86. The molecule has 0 aliphatic carbocycles. The van der Waals surface area contributed by atoms with Crippen molar-refractivity contribution < 1.29 is 14.3 Å². The van der Waals surface area contributed by atoms with Crippen LogP contribution in [0.25, 0.3) is 21.4 Å². The second-order valence-corrected chi connectivity index (χ2v) is 5.18. The minimum Gasteiger partial charge on any atom is -0.476 e. The number of nitrogens with zero attached hydrogens (tertiary/aromatic N) is 2. The van der Waals surface area contributed by atoms with Gasteiger partial charge in [0.15, 0.2) is 11.5 Å². The standard InChI is InChI=1S/C11H6N2O3S2/c14-11(15)8-9(7-4-12-5-18-7)16-10(13-8)6-2-1-3-17-6/h1-5H,(H,14,15). The highest BCUT2D eigenvalue weighted by Crippen LogP contribution is 2.33. The maximum absolute atomic E-state index is 11.2. The molecule has 0 saturated heterocycles. The van der Waals surface area contributed by atoms with Gasteiger partial charge in [-0.1, -0.05) is 6.07 Å². The van der Waals surface area contributed by atoms with Gasteiger partial charge in [-0.3, -0.25) is 4.98 Å². The third kappa shape index (κ3) is 1.83. The maximum atomic E-state index is 11.2. The Balaban J connectivity index is 2.16. The highest BCUT2D eigenvalue weighted by atomic mass is 32.1. The Morgan fingerprint density at radius 1 is 1.33 bits per heavy atom. The molecule has 7 heteroatoms. The molecule has 0 saturated carbocycles. The van der Waals surface area contributed by atoms with E-state index in [-0.39, 0.29) is 11.5 Å². The Morgan fingerprint density at radius 3 is 2.83 bits per heavy atom. The molecule has 3 aromatic rings. The molecule has 0 atom stereocenters. The number of hydrogen-bond donors (Lipinski definition) is 1. The van der Waals surface area contributed by atoms with E-state index < -0.39 is 5.97 Å². The Morgan fingerprint density at radius 2 is 2.22 bits per heavy atom. The number of thiophene rings is 1. The smallest absolute Gasteiger partial charge is 0.358 e. The molecule has 3 rings (SSSR count). The lowest BCUT2D eigenvalue weighted by Gasteiger charge is -1.90. The maximum Gasteiger partial charge on any atom is 0.358 e. The fourth-order valence-electron chi connectivity index (χ4n) is 1.47. The molecular weight excluding hydrogens is 272 g/mol. The first-order chi connectivity index (χ1) is 8.75. The number of aromatic nitrogens is 2. The SMILES string of the molecule is O=C(O)c1nc(-c2cccs2)oc1-c1cncs1. The minimum atomic E-state index is -1.11. The lowest BCUT2D eigenvalue weighted by molar-refractivity contribution is 0.0691. The Kier molecular flexibility index (Phi) is 2.69. The molecule has 0 aromatic carbocycles. The Labute approximate surface area is 109 Å². The number of carboxylic acid groups (broad SMARTS) is 1. The summed E-state index contributed by atoms with van der Waals surface area (Å²) < 4.78 is 5.55. The van der Waals surface area contributed by atoms with Crippen molar-refractivity contribution in [2.75, 3.05) is 0 Å². The third-order valence-electron chi connectivity index (χ3n) is 2.22. The van der Waals surface area contributed by atoms with E-state index in [1.54, 1.807) is 11.7 Å². The molecule has 0 aliphatic rings. The van der Waals surface area contributed by atoms with Crippen molar-refractivity contribution in [2.24, 2.45) is 0 Å². The van der Waals surface area contributed by atoms with Crippen molar-refractivity contribution in [3.63, 3.8) is 0 Å². The van der Waals surface area contributed by atoms with E-state index in [0.29, 0.717) is 10.8 Å². The highest BCUT2D eigenvalue weighted by Gasteiger charge is 2.22. The monoisotopic (exact) mass is 278 g/mol. The average molecular weight is 278 g/mol. The van der Waals surface area contributed by atoms with Gasteiger partial charge in [0.2, 0.25) is 5.89 Å². The summed E-state index contributed by atoms with van der Waals surface area (Å²) in [6.45, 7) is 0. The first-order valence-corrected chi connectivity index (χ1v) is 6.68. The van der Waals surface area contributed by atoms with Gasteiger partial charge in [-0.05, 0) is 11.4 Å². The second-order valence-electron chi connectivity index (χ2n) is 3.34. The van der Waals surface area contributed by atoms with Crippen molar-refractivity contribution in [2.45, 2.75) is 0 Å². The summed E-state index contributed by atoms with van der Waals surface area (Å²) in [5.41, 5.74) is 1.54. The van der Waals surface area contributed by atoms with Gasteiger partial charge in [0, 0.05) is 6.20 Å². The fourth-order valence-corrected chi connectivity index (χ4v) is 2.72. The summed E-state index contributed by atoms with van der Waals surface area (Å²) in [7, 11) is 0. The quantitative estimate of drug-likeness (QED) is 0.796. The van der Waals surface area contributed by atoms with Crippen molar-refractivity contribution >= 4 is 28.6 Å². The van der Waals surface area contributed by atoms with Gasteiger partial charge < -0.3 is 9.52 Å². The average Bonchev–Trinajstić information content (AvgIpc) is 3.10. The summed E-state index contributed by atoms with van der Waals surface area (Å²) in [5.74, 6) is -0.524. The molecule has 90 valence electrons. The number of thiazole rings is 1. The van der Waals surface area contributed by atoms with Crippen LogP contribution in [-0.4, -0.2) is 21.0 Å². The van der Waals surface area contributed by atoms with Crippen LogP contribution in [0.1, 0.15) is 10.5 Å². The Bertz CT molecular complexity index is 671. The topological polar surface area (TPSA) is 76.2 Å². The summed E-state index contributed by atoms with van der Waals surface area (Å²) in [5, 5.41) is 11.0. The number of rotatable bonds is 3. The number of carbonyl (C=O) groups is 1. The van der Waals surface area contributed by atoms with Crippen LogP contribution in [-0.2, 0) is 0 Å². The number of oxazole rings is 1. The van der Waals surface area contributed by atoms with E-state index >= 15 is 0 Å². The molecule has 1 N–H and O–H groups in total. The summed E-state index contributed by atoms with van der Waals surface area (Å²) in [4.78, 5) is 20.6. The van der Waals surface area contributed by atoms with E-state index in [0.717, 1.165) is 4.88 Å². The molecule has 3 heterocycles. The second kappa shape index (κ2) is 4.35. The predicted octanol–water partition coefficient (Wildman–Crippen LogP) is 3.22. The van der Waals surface area contributed by atoms with Gasteiger partial charge in [0.25, 0.3) is 0 Å². The molecule has 0 aliphatic heterocycles. The molecule has 18 heavy (non-hydrogen) atoms. The molecule has 3 aromatic heterocycles. The molecule has 0 radical (unpaired) electrons. The predicted molar refractivity (Wildman–Crippen MR) is 67.9 cm³/mol. The minimum absolute atomic E-state index is 0.0809. The largest absolute Gasteiger partial charge is 0.476 e. The van der Waals surface area contributed by atoms with Gasteiger partial charge in [0.05, 0.1) is 15.3 Å². The summed E-state index contributed by atoms with van der Waals surface area (Å²) >= 11 is 2.76. The first kappa shape index (κ1) is 11.1. The lowest BCUT2D eigenvalue weighted by atomic mass is 10.3.